The van der Waals surface area contributed by atoms with Crippen LogP contribution in [0.5, 0.6) is 0 Å². The molecule has 9 heteroatoms. The Balaban J connectivity index is 2.00. The average molecular weight is 375 g/mol. The van der Waals surface area contributed by atoms with Crippen molar-refractivity contribution in [1.82, 2.24) is 9.97 Å². The second-order valence-corrected chi connectivity index (χ2v) is 6.38. The number of fused-ring (bicyclic) bond motifs is 1. The number of hydrogen-bond donors (Lipinski definition) is 3. The lowest BCUT2D eigenvalue weighted by Crippen LogP contribution is -2.30. The Labute approximate surface area is 151 Å². The van der Waals surface area contributed by atoms with E-state index in [1.54, 1.807) is 12.1 Å². The Morgan fingerprint density at radius 1 is 1.19 bits per heavy atom. The molecule has 0 saturated heterocycles. The summed E-state index contributed by atoms with van der Waals surface area (Å²) in [6.45, 7) is 0. The number of nitrogens with one attached hydrogen (secondary N) is 1. The highest BCUT2D eigenvalue weighted by molar-refractivity contribution is 7.17. The number of carboxylic acid groups (broad SMARTS) is 2. The molecule has 0 amide bonds. The first-order chi connectivity index (χ1) is 12.5. The molecule has 0 spiro atoms. The number of aliphatic carboxylic acids is 2. The maximum absolute atomic E-state index is 13.2. The molecule has 1 atom stereocenters. The summed E-state index contributed by atoms with van der Waals surface area (Å²) in [4.78, 5) is 31.1. The van der Waals surface area contributed by atoms with Gasteiger partial charge >= 0.3 is 11.9 Å². The lowest BCUT2D eigenvalue weighted by molar-refractivity contribution is -0.139. The van der Waals surface area contributed by atoms with Crippen LogP contribution in [0.4, 0.5) is 10.2 Å². The highest BCUT2D eigenvalue weighted by atomic mass is 32.1. The Morgan fingerprint density at radius 2 is 1.92 bits per heavy atom. The second kappa shape index (κ2) is 7.44. The zero-order chi connectivity index (χ0) is 18.7. The van der Waals surface area contributed by atoms with Gasteiger partial charge in [0, 0.05) is 17.4 Å². The standard InChI is InChI=1S/C17H14FN3O4S/c18-10-3-1-9(2-4-10)11-7-26-16-14(11)15(19-8-20-16)21-12(17(24)25)5-6-13(22)23/h1-4,7-8,12H,5-6H2,(H,22,23)(H,24,25)(H,19,20,21). The molecule has 0 bridgehead atoms. The van der Waals surface area contributed by atoms with E-state index in [1.165, 1.54) is 29.8 Å². The zero-order valence-corrected chi connectivity index (χ0v) is 14.2. The second-order valence-electron chi connectivity index (χ2n) is 5.53. The first-order valence-corrected chi connectivity index (χ1v) is 8.53. The average Bonchev–Trinajstić information content (AvgIpc) is 3.03. The van der Waals surface area contributed by atoms with Crippen molar-refractivity contribution in [2.24, 2.45) is 0 Å². The van der Waals surface area contributed by atoms with Crippen LogP contribution < -0.4 is 5.32 Å². The van der Waals surface area contributed by atoms with Crippen LogP contribution in [0, 0.1) is 5.82 Å². The van der Waals surface area contributed by atoms with Crippen molar-refractivity contribution in [1.29, 1.82) is 0 Å². The minimum atomic E-state index is -1.17. The van der Waals surface area contributed by atoms with Crippen LogP contribution in [-0.2, 0) is 9.59 Å². The maximum atomic E-state index is 13.2. The Kier molecular flexibility index (Phi) is 5.08. The number of carboxylic acids is 2. The molecule has 3 aromatic rings. The van der Waals surface area contributed by atoms with Crippen LogP contribution in [0.25, 0.3) is 21.3 Å². The molecule has 0 fully saturated rings. The molecule has 3 rings (SSSR count). The fourth-order valence-electron chi connectivity index (χ4n) is 2.52. The number of anilines is 1. The normalized spacial score (nSPS) is 12.0. The molecule has 26 heavy (non-hydrogen) atoms. The van der Waals surface area contributed by atoms with Gasteiger partial charge in [0.15, 0.2) is 0 Å². The van der Waals surface area contributed by atoms with Gasteiger partial charge in [0.1, 0.15) is 28.8 Å². The summed E-state index contributed by atoms with van der Waals surface area (Å²) in [6.07, 6.45) is 0.935. The first kappa shape index (κ1) is 17.7. The molecule has 7 nitrogen and oxygen atoms in total. The van der Waals surface area contributed by atoms with Gasteiger partial charge in [-0.1, -0.05) is 12.1 Å². The lowest BCUT2D eigenvalue weighted by atomic mass is 10.1. The summed E-state index contributed by atoms with van der Waals surface area (Å²) in [6, 6.07) is 4.80. The van der Waals surface area contributed by atoms with Crippen molar-refractivity contribution < 1.29 is 24.2 Å². The third-order valence-electron chi connectivity index (χ3n) is 3.78. The predicted molar refractivity (Wildman–Crippen MR) is 94.7 cm³/mol. The molecule has 3 N–H and O–H groups in total. The predicted octanol–water partition coefficient (Wildman–Crippen LogP) is 3.23. The van der Waals surface area contributed by atoms with Crippen molar-refractivity contribution in [3.63, 3.8) is 0 Å². The molecule has 2 heterocycles. The first-order valence-electron chi connectivity index (χ1n) is 7.65. The molecule has 134 valence electrons. The van der Waals surface area contributed by atoms with Crippen LogP contribution in [0.3, 0.4) is 0 Å². The van der Waals surface area contributed by atoms with Crippen molar-refractivity contribution in [2.75, 3.05) is 5.32 Å². The fourth-order valence-corrected chi connectivity index (χ4v) is 3.43. The van der Waals surface area contributed by atoms with Crippen molar-refractivity contribution in [3.8, 4) is 11.1 Å². The zero-order valence-electron chi connectivity index (χ0n) is 13.3. The van der Waals surface area contributed by atoms with E-state index in [0.29, 0.717) is 16.0 Å². The van der Waals surface area contributed by atoms with E-state index >= 15 is 0 Å². The van der Waals surface area contributed by atoms with Crippen LogP contribution in [0.15, 0.2) is 36.0 Å². The molecule has 2 aromatic heterocycles. The number of rotatable bonds is 7. The maximum Gasteiger partial charge on any atom is 0.326 e. The molecule has 0 aliphatic carbocycles. The van der Waals surface area contributed by atoms with Crippen LogP contribution >= 0.6 is 11.3 Å². The van der Waals surface area contributed by atoms with Crippen LogP contribution in [-0.4, -0.2) is 38.2 Å². The monoisotopic (exact) mass is 375 g/mol. The Bertz CT molecular complexity index is 958. The van der Waals surface area contributed by atoms with Gasteiger partial charge < -0.3 is 15.5 Å². The smallest absolute Gasteiger partial charge is 0.326 e. The number of hydrogen-bond acceptors (Lipinski definition) is 6. The molecule has 0 radical (unpaired) electrons. The van der Waals surface area contributed by atoms with Gasteiger partial charge in [0.05, 0.1) is 5.39 Å². The van der Waals surface area contributed by atoms with E-state index in [1.807, 2.05) is 5.38 Å². The fraction of sp³-hybridized carbons (Fsp3) is 0.176. The summed E-state index contributed by atoms with van der Waals surface area (Å²) < 4.78 is 13.2. The quantitative estimate of drug-likeness (QED) is 0.581. The summed E-state index contributed by atoms with van der Waals surface area (Å²) in [5, 5.41) is 23.4. The number of nitrogens with zero attached hydrogens (tertiary/aromatic N) is 2. The Morgan fingerprint density at radius 3 is 2.58 bits per heavy atom. The summed E-state index contributed by atoms with van der Waals surface area (Å²) in [7, 11) is 0. The molecule has 0 aliphatic rings. The van der Waals surface area contributed by atoms with Crippen LogP contribution in [0.1, 0.15) is 12.8 Å². The van der Waals surface area contributed by atoms with E-state index in [0.717, 1.165) is 11.1 Å². The molecular weight excluding hydrogens is 361 g/mol. The van der Waals surface area contributed by atoms with Crippen molar-refractivity contribution in [3.05, 3.63) is 41.8 Å². The van der Waals surface area contributed by atoms with E-state index < -0.39 is 18.0 Å². The van der Waals surface area contributed by atoms with Crippen molar-refractivity contribution >= 4 is 39.3 Å². The van der Waals surface area contributed by atoms with Gasteiger partial charge in [-0.05, 0) is 24.1 Å². The minimum Gasteiger partial charge on any atom is -0.481 e. The number of thiophene rings is 1. The van der Waals surface area contributed by atoms with Crippen LogP contribution in [0.2, 0.25) is 0 Å². The number of halogens is 1. The summed E-state index contributed by atoms with van der Waals surface area (Å²) in [5.74, 6) is -2.30. The van der Waals surface area contributed by atoms with E-state index in [4.69, 9.17) is 5.11 Å². The highest BCUT2D eigenvalue weighted by Crippen LogP contribution is 2.36. The van der Waals surface area contributed by atoms with Gasteiger partial charge in [0.25, 0.3) is 0 Å². The number of carbonyl (C=O) groups is 2. The lowest BCUT2D eigenvalue weighted by Gasteiger charge is -2.15. The largest absolute Gasteiger partial charge is 0.481 e. The van der Waals surface area contributed by atoms with E-state index in [9.17, 15) is 19.1 Å². The molecule has 0 aliphatic heterocycles. The van der Waals surface area contributed by atoms with E-state index in [-0.39, 0.29) is 18.7 Å². The summed E-state index contributed by atoms with van der Waals surface area (Å²) in [5.41, 5.74) is 1.49. The van der Waals surface area contributed by atoms with Gasteiger partial charge in [-0.2, -0.15) is 0 Å². The summed E-state index contributed by atoms with van der Waals surface area (Å²) >= 11 is 1.35. The minimum absolute atomic E-state index is 0.0911. The van der Waals surface area contributed by atoms with Gasteiger partial charge in [-0.15, -0.1) is 11.3 Å². The van der Waals surface area contributed by atoms with Gasteiger partial charge in [-0.25, -0.2) is 19.2 Å². The number of aromatic nitrogens is 2. The van der Waals surface area contributed by atoms with Crippen molar-refractivity contribution in [2.45, 2.75) is 18.9 Å². The third-order valence-corrected chi connectivity index (χ3v) is 4.67. The Hall–Kier alpha value is -3.07. The van der Waals surface area contributed by atoms with Gasteiger partial charge in [0.2, 0.25) is 0 Å². The SMILES string of the molecule is O=C(O)CCC(Nc1ncnc2scc(-c3ccc(F)cc3)c12)C(=O)O. The molecule has 1 aromatic carbocycles. The van der Waals surface area contributed by atoms with Gasteiger partial charge in [-0.3, -0.25) is 4.79 Å². The third kappa shape index (κ3) is 3.77. The number of benzene rings is 1. The molecular formula is C17H14FN3O4S. The molecule has 1 unspecified atom stereocenters. The van der Waals surface area contributed by atoms with E-state index in [2.05, 4.69) is 15.3 Å². The topological polar surface area (TPSA) is 112 Å². The molecule has 0 saturated carbocycles. The highest BCUT2D eigenvalue weighted by Gasteiger charge is 2.22.